The Morgan fingerprint density at radius 1 is 1.14 bits per heavy atom. The van der Waals surface area contributed by atoms with Crippen LogP contribution in [0.4, 0.5) is 24.8 Å². The molecule has 0 bridgehead atoms. The lowest BCUT2D eigenvalue weighted by molar-refractivity contribution is -0.141. The zero-order valence-corrected chi connectivity index (χ0v) is 15.5. The quantitative estimate of drug-likeness (QED) is 0.591. The van der Waals surface area contributed by atoms with E-state index in [4.69, 9.17) is 5.11 Å². The van der Waals surface area contributed by atoms with E-state index in [0.29, 0.717) is 12.1 Å². The van der Waals surface area contributed by atoms with Gasteiger partial charge in [-0.2, -0.15) is 13.2 Å². The van der Waals surface area contributed by atoms with E-state index in [1.54, 1.807) is 18.2 Å². The molecule has 29 heavy (non-hydrogen) atoms. The van der Waals surface area contributed by atoms with Crippen LogP contribution in [0.15, 0.2) is 54.7 Å². The zero-order valence-electron chi connectivity index (χ0n) is 15.5. The summed E-state index contributed by atoms with van der Waals surface area (Å²) in [4.78, 5) is 18.1. The largest absolute Gasteiger partial charge is 0.481 e. The first-order chi connectivity index (χ1) is 13.7. The summed E-state index contributed by atoms with van der Waals surface area (Å²) in [6.45, 7) is 1.93. The van der Waals surface area contributed by atoms with Gasteiger partial charge < -0.3 is 10.4 Å². The topological polar surface area (TPSA) is 75.1 Å². The minimum atomic E-state index is -4.54. The molecule has 2 N–H and O–H groups in total. The molecule has 8 heteroatoms. The van der Waals surface area contributed by atoms with Crippen LogP contribution >= 0.6 is 0 Å². The van der Waals surface area contributed by atoms with Gasteiger partial charge in [0, 0.05) is 18.3 Å². The van der Waals surface area contributed by atoms with Crippen molar-refractivity contribution in [3.05, 3.63) is 71.5 Å². The number of aromatic nitrogens is 2. The highest BCUT2D eigenvalue weighted by atomic mass is 19.4. The standard InChI is InChI=1S/C21H18F3N3O2/c1-13-11-14(6-8-19(28)29)5-7-17(13)15-3-2-4-16(12-15)26-20-25-10-9-18(27-20)21(22,23)24/h2-5,7,9-12H,6,8H2,1H3,(H,28,29)(H,25,26,27). The third kappa shape index (κ3) is 5.31. The van der Waals surface area contributed by atoms with E-state index in [2.05, 4.69) is 15.3 Å². The molecule has 5 nitrogen and oxygen atoms in total. The Labute approximate surface area is 165 Å². The van der Waals surface area contributed by atoms with E-state index in [0.717, 1.165) is 34.5 Å². The Morgan fingerprint density at radius 2 is 1.93 bits per heavy atom. The highest BCUT2D eigenvalue weighted by Gasteiger charge is 2.32. The molecule has 0 fully saturated rings. The molecule has 3 rings (SSSR count). The fourth-order valence-electron chi connectivity index (χ4n) is 2.93. The first-order valence-electron chi connectivity index (χ1n) is 8.81. The Morgan fingerprint density at radius 3 is 2.62 bits per heavy atom. The van der Waals surface area contributed by atoms with Crippen molar-refractivity contribution in [3.8, 4) is 11.1 Å². The number of hydrogen-bond donors (Lipinski definition) is 2. The molecule has 0 atom stereocenters. The minimum Gasteiger partial charge on any atom is -0.481 e. The van der Waals surface area contributed by atoms with Gasteiger partial charge in [-0.3, -0.25) is 4.79 Å². The summed E-state index contributed by atoms with van der Waals surface area (Å²) in [5.41, 5.74) is 3.25. The molecular weight excluding hydrogens is 383 g/mol. The fraction of sp³-hybridized carbons (Fsp3) is 0.190. The van der Waals surface area contributed by atoms with E-state index in [9.17, 15) is 18.0 Å². The van der Waals surface area contributed by atoms with E-state index in [-0.39, 0.29) is 12.4 Å². The number of carboxylic acids is 1. The molecule has 0 radical (unpaired) electrons. The maximum Gasteiger partial charge on any atom is 0.433 e. The molecule has 2 aromatic carbocycles. The summed E-state index contributed by atoms with van der Waals surface area (Å²) in [5, 5.41) is 11.6. The highest BCUT2D eigenvalue weighted by Crippen LogP contribution is 2.30. The molecule has 0 unspecified atom stereocenters. The molecule has 1 heterocycles. The molecule has 0 spiro atoms. The van der Waals surface area contributed by atoms with Crippen molar-refractivity contribution in [1.29, 1.82) is 0 Å². The first kappa shape index (κ1) is 20.3. The van der Waals surface area contributed by atoms with Crippen molar-refractivity contribution in [2.45, 2.75) is 25.9 Å². The van der Waals surface area contributed by atoms with Crippen LogP contribution in [-0.4, -0.2) is 21.0 Å². The molecular formula is C21H18F3N3O2. The fourth-order valence-corrected chi connectivity index (χ4v) is 2.93. The van der Waals surface area contributed by atoms with Crippen molar-refractivity contribution >= 4 is 17.6 Å². The normalized spacial score (nSPS) is 11.3. The van der Waals surface area contributed by atoms with Crippen molar-refractivity contribution in [2.75, 3.05) is 5.32 Å². The van der Waals surface area contributed by atoms with Crippen LogP contribution in [0.2, 0.25) is 0 Å². The summed E-state index contributed by atoms with van der Waals surface area (Å²) in [5.74, 6) is -0.986. The van der Waals surface area contributed by atoms with E-state index < -0.39 is 17.8 Å². The number of nitrogens with one attached hydrogen (secondary N) is 1. The van der Waals surface area contributed by atoms with Gasteiger partial charge in [-0.25, -0.2) is 9.97 Å². The number of nitrogens with zero attached hydrogens (tertiary/aromatic N) is 2. The van der Waals surface area contributed by atoms with Gasteiger partial charge in [-0.15, -0.1) is 0 Å². The molecule has 0 aliphatic heterocycles. The molecule has 0 saturated carbocycles. The summed E-state index contributed by atoms with van der Waals surface area (Å²) >= 11 is 0. The van der Waals surface area contributed by atoms with Crippen LogP contribution in [0.25, 0.3) is 11.1 Å². The number of halogens is 3. The van der Waals surface area contributed by atoms with E-state index in [1.165, 1.54) is 0 Å². The van der Waals surface area contributed by atoms with Crippen LogP contribution < -0.4 is 5.32 Å². The predicted molar refractivity (Wildman–Crippen MR) is 103 cm³/mol. The second kappa shape index (κ2) is 8.30. The van der Waals surface area contributed by atoms with Gasteiger partial charge in [0.05, 0.1) is 0 Å². The number of carbonyl (C=O) groups is 1. The second-order valence-corrected chi connectivity index (χ2v) is 6.51. The minimum absolute atomic E-state index is 0.0647. The van der Waals surface area contributed by atoms with Gasteiger partial charge in [-0.1, -0.05) is 30.3 Å². The van der Waals surface area contributed by atoms with Crippen molar-refractivity contribution in [3.63, 3.8) is 0 Å². The molecule has 0 saturated heterocycles. The summed E-state index contributed by atoms with van der Waals surface area (Å²) < 4.78 is 38.5. The average Bonchev–Trinajstić information content (AvgIpc) is 2.66. The molecule has 150 valence electrons. The van der Waals surface area contributed by atoms with Gasteiger partial charge in [0.2, 0.25) is 5.95 Å². The lowest BCUT2D eigenvalue weighted by Crippen LogP contribution is -2.10. The van der Waals surface area contributed by atoms with Crippen molar-refractivity contribution in [1.82, 2.24) is 9.97 Å². The lowest BCUT2D eigenvalue weighted by atomic mass is 9.96. The first-order valence-corrected chi connectivity index (χ1v) is 8.81. The Hall–Kier alpha value is -3.42. The number of aliphatic carboxylic acids is 1. The van der Waals surface area contributed by atoms with Gasteiger partial charge >= 0.3 is 12.1 Å². The zero-order chi connectivity index (χ0) is 21.0. The van der Waals surface area contributed by atoms with Crippen LogP contribution in [0.1, 0.15) is 23.2 Å². The predicted octanol–water partition coefficient (Wildman–Crippen LogP) is 5.23. The lowest BCUT2D eigenvalue weighted by Gasteiger charge is -2.12. The maximum absolute atomic E-state index is 12.8. The van der Waals surface area contributed by atoms with Gasteiger partial charge in [-0.05, 0) is 53.8 Å². The SMILES string of the molecule is Cc1cc(CCC(=O)O)ccc1-c1cccc(Nc2nccc(C(F)(F)F)n2)c1. The summed E-state index contributed by atoms with van der Waals surface area (Å²) in [6.07, 6.45) is -2.97. The molecule has 1 aromatic heterocycles. The Balaban J connectivity index is 1.82. The van der Waals surface area contributed by atoms with Gasteiger partial charge in [0.25, 0.3) is 0 Å². The van der Waals surface area contributed by atoms with E-state index in [1.807, 2.05) is 31.2 Å². The Bertz CT molecular complexity index is 1040. The van der Waals surface area contributed by atoms with Crippen molar-refractivity contribution < 1.29 is 23.1 Å². The van der Waals surface area contributed by atoms with Crippen LogP contribution in [0.5, 0.6) is 0 Å². The van der Waals surface area contributed by atoms with Crippen molar-refractivity contribution in [2.24, 2.45) is 0 Å². The maximum atomic E-state index is 12.8. The third-order valence-electron chi connectivity index (χ3n) is 4.29. The molecule has 3 aromatic rings. The van der Waals surface area contributed by atoms with Crippen LogP contribution in [0.3, 0.4) is 0 Å². The molecule has 0 aliphatic carbocycles. The summed E-state index contributed by atoms with van der Waals surface area (Å²) in [6, 6.07) is 13.7. The number of alkyl halides is 3. The Kier molecular flexibility index (Phi) is 5.81. The van der Waals surface area contributed by atoms with Gasteiger partial charge in [0.15, 0.2) is 0 Å². The molecule has 0 aliphatic rings. The smallest absolute Gasteiger partial charge is 0.433 e. The van der Waals surface area contributed by atoms with Crippen LogP contribution in [-0.2, 0) is 17.4 Å². The summed E-state index contributed by atoms with van der Waals surface area (Å²) in [7, 11) is 0. The number of rotatable bonds is 6. The monoisotopic (exact) mass is 401 g/mol. The van der Waals surface area contributed by atoms with Gasteiger partial charge in [0.1, 0.15) is 5.69 Å². The highest BCUT2D eigenvalue weighted by molar-refractivity contribution is 5.72. The number of anilines is 2. The number of aryl methyl sites for hydroxylation is 2. The van der Waals surface area contributed by atoms with Crippen LogP contribution in [0, 0.1) is 6.92 Å². The number of carboxylic acid groups (broad SMARTS) is 1. The number of hydrogen-bond acceptors (Lipinski definition) is 4. The third-order valence-corrected chi connectivity index (χ3v) is 4.29. The second-order valence-electron chi connectivity index (χ2n) is 6.51. The van der Waals surface area contributed by atoms with E-state index >= 15 is 0 Å². The average molecular weight is 401 g/mol. The molecule has 0 amide bonds. The number of benzene rings is 2.